The number of halogens is 2. The standard InChI is InChI=1S/C22H24F2N2O2/c1-28-19-10-9-18(23)21(24)20(19)22(27)26-13-16-7-8-17(26)14-25(12-16)11-15-5-3-2-4-6-15/h2-6,9-10,16-17H,7-8,11-14H2,1H3/t16-,17+/m0/s1. The van der Waals surface area contributed by atoms with Gasteiger partial charge in [-0.3, -0.25) is 9.69 Å². The van der Waals surface area contributed by atoms with Crippen LogP contribution in [-0.4, -0.2) is 48.5 Å². The normalized spacial score (nSPS) is 22.2. The van der Waals surface area contributed by atoms with E-state index in [4.69, 9.17) is 4.74 Å². The van der Waals surface area contributed by atoms with E-state index in [0.29, 0.717) is 12.5 Å². The molecule has 2 aromatic rings. The molecule has 28 heavy (non-hydrogen) atoms. The number of carbonyl (C=O) groups excluding carboxylic acids is 1. The minimum absolute atomic E-state index is 0.0117. The quantitative estimate of drug-likeness (QED) is 0.803. The van der Waals surface area contributed by atoms with E-state index in [0.717, 1.165) is 38.5 Å². The molecule has 0 aromatic heterocycles. The fourth-order valence-electron chi connectivity index (χ4n) is 4.44. The van der Waals surface area contributed by atoms with E-state index in [1.807, 2.05) is 18.2 Å². The minimum Gasteiger partial charge on any atom is -0.496 e. The first-order chi connectivity index (χ1) is 13.6. The summed E-state index contributed by atoms with van der Waals surface area (Å²) in [4.78, 5) is 17.3. The van der Waals surface area contributed by atoms with Crippen LogP contribution in [0.2, 0.25) is 0 Å². The molecule has 0 N–H and O–H groups in total. The summed E-state index contributed by atoms with van der Waals surface area (Å²) in [6, 6.07) is 12.5. The lowest BCUT2D eigenvalue weighted by molar-refractivity contribution is 0.0575. The Labute approximate surface area is 163 Å². The lowest BCUT2D eigenvalue weighted by Crippen LogP contribution is -2.47. The minimum atomic E-state index is -1.13. The average Bonchev–Trinajstić information content (AvgIpc) is 3.01. The van der Waals surface area contributed by atoms with E-state index in [9.17, 15) is 13.6 Å². The summed E-state index contributed by atoms with van der Waals surface area (Å²) >= 11 is 0. The molecule has 3 aliphatic rings. The number of nitrogens with zero attached hydrogens (tertiary/aromatic N) is 2. The van der Waals surface area contributed by atoms with Crippen molar-refractivity contribution in [3.63, 3.8) is 0 Å². The van der Waals surface area contributed by atoms with Crippen molar-refractivity contribution in [1.82, 2.24) is 9.80 Å². The first-order valence-electron chi connectivity index (χ1n) is 9.66. The van der Waals surface area contributed by atoms with Crippen molar-refractivity contribution >= 4 is 5.91 Å². The lowest BCUT2D eigenvalue weighted by Gasteiger charge is -2.36. The zero-order valence-electron chi connectivity index (χ0n) is 15.9. The summed E-state index contributed by atoms with van der Waals surface area (Å²) in [5, 5.41) is 0. The summed E-state index contributed by atoms with van der Waals surface area (Å²) in [6.45, 7) is 3.02. The number of amides is 1. The number of ether oxygens (including phenoxy) is 1. The largest absolute Gasteiger partial charge is 0.496 e. The molecule has 0 spiro atoms. The molecule has 3 fully saturated rings. The number of rotatable bonds is 4. The number of carbonyl (C=O) groups is 1. The fourth-order valence-corrected chi connectivity index (χ4v) is 4.44. The highest BCUT2D eigenvalue weighted by molar-refractivity contribution is 5.97. The van der Waals surface area contributed by atoms with Gasteiger partial charge in [-0.15, -0.1) is 0 Å². The van der Waals surface area contributed by atoms with E-state index >= 15 is 0 Å². The fraction of sp³-hybridized carbons (Fsp3) is 0.409. The molecule has 0 saturated carbocycles. The molecular weight excluding hydrogens is 362 g/mol. The van der Waals surface area contributed by atoms with Gasteiger partial charge in [0.2, 0.25) is 0 Å². The van der Waals surface area contributed by atoms with Crippen molar-refractivity contribution in [1.29, 1.82) is 0 Å². The SMILES string of the molecule is COc1ccc(F)c(F)c1C(=O)N1C[C@H]2CC[C@@H]1CN(Cc1ccccc1)C2. The highest BCUT2D eigenvalue weighted by atomic mass is 19.2. The van der Waals surface area contributed by atoms with Gasteiger partial charge in [0.25, 0.3) is 5.91 Å². The van der Waals surface area contributed by atoms with Gasteiger partial charge in [0.05, 0.1) is 7.11 Å². The van der Waals surface area contributed by atoms with Crippen LogP contribution in [-0.2, 0) is 6.54 Å². The maximum absolute atomic E-state index is 14.4. The monoisotopic (exact) mass is 386 g/mol. The van der Waals surface area contributed by atoms with Crippen LogP contribution < -0.4 is 4.74 Å². The molecule has 2 aromatic carbocycles. The summed E-state index contributed by atoms with van der Waals surface area (Å²) in [5.41, 5.74) is 0.934. The van der Waals surface area contributed by atoms with Gasteiger partial charge >= 0.3 is 0 Å². The van der Waals surface area contributed by atoms with Crippen molar-refractivity contribution in [2.45, 2.75) is 25.4 Å². The van der Waals surface area contributed by atoms with Crippen LogP contribution >= 0.6 is 0 Å². The van der Waals surface area contributed by atoms with Crippen LogP contribution in [0, 0.1) is 17.6 Å². The molecule has 3 aliphatic heterocycles. The number of fused-ring (bicyclic) bond motifs is 4. The van der Waals surface area contributed by atoms with Crippen LogP contribution in [0.4, 0.5) is 8.78 Å². The van der Waals surface area contributed by atoms with Gasteiger partial charge in [0.15, 0.2) is 11.6 Å². The second-order valence-corrected chi connectivity index (χ2v) is 7.67. The summed E-state index contributed by atoms with van der Waals surface area (Å²) in [7, 11) is 1.36. The third-order valence-corrected chi connectivity index (χ3v) is 5.79. The zero-order chi connectivity index (χ0) is 19.7. The molecule has 0 aliphatic carbocycles. The highest BCUT2D eigenvalue weighted by Crippen LogP contribution is 2.33. The Kier molecular flexibility index (Phi) is 5.31. The first-order valence-corrected chi connectivity index (χ1v) is 9.66. The van der Waals surface area contributed by atoms with E-state index in [2.05, 4.69) is 17.0 Å². The Morgan fingerprint density at radius 2 is 1.86 bits per heavy atom. The second-order valence-electron chi connectivity index (χ2n) is 7.67. The van der Waals surface area contributed by atoms with Gasteiger partial charge in [-0.2, -0.15) is 0 Å². The first kappa shape index (κ1) is 18.9. The Balaban J connectivity index is 1.57. The zero-order valence-corrected chi connectivity index (χ0v) is 15.9. The number of benzene rings is 2. The van der Waals surface area contributed by atoms with Crippen molar-refractivity contribution in [3.05, 3.63) is 65.2 Å². The summed E-state index contributed by atoms with van der Waals surface area (Å²) in [5.74, 6) is -2.25. The lowest BCUT2D eigenvalue weighted by atomic mass is 9.94. The van der Waals surface area contributed by atoms with Crippen LogP contribution in [0.25, 0.3) is 0 Å². The average molecular weight is 386 g/mol. The molecular formula is C22H24F2N2O2. The van der Waals surface area contributed by atoms with Crippen molar-refractivity contribution < 1.29 is 18.3 Å². The van der Waals surface area contributed by atoms with Gasteiger partial charge in [0.1, 0.15) is 11.3 Å². The Morgan fingerprint density at radius 3 is 2.61 bits per heavy atom. The van der Waals surface area contributed by atoms with Crippen LogP contribution in [0.5, 0.6) is 5.75 Å². The van der Waals surface area contributed by atoms with Crippen LogP contribution in [0.1, 0.15) is 28.8 Å². The number of hydrogen-bond acceptors (Lipinski definition) is 3. The molecule has 2 atom stereocenters. The summed E-state index contributed by atoms with van der Waals surface area (Å²) in [6.07, 6.45) is 1.92. The van der Waals surface area contributed by atoms with Gasteiger partial charge in [0, 0.05) is 32.2 Å². The predicted octanol–water partition coefficient (Wildman–Crippen LogP) is 3.71. The topological polar surface area (TPSA) is 32.8 Å². The maximum atomic E-state index is 14.4. The number of hydrogen-bond donors (Lipinski definition) is 0. The number of piperidine rings is 1. The third-order valence-electron chi connectivity index (χ3n) is 5.79. The van der Waals surface area contributed by atoms with Gasteiger partial charge in [-0.05, 0) is 36.5 Å². The Hall–Kier alpha value is -2.47. The molecule has 0 unspecified atom stereocenters. The van der Waals surface area contributed by atoms with Crippen LogP contribution in [0.15, 0.2) is 42.5 Å². The van der Waals surface area contributed by atoms with E-state index in [1.54, 1.807) is 4.90 Å². The second kappa shape index (κ2) is 7.87. The molecule has 3 saturated heterocycles. The molecule has 5 rings (SSSR count). The van der Waals surface area contributed by atoms with Crippen molar-refractivity contribution in [2.75, 3.05) is 26.7 Å². The van der Waals surface area contributed by atoms with Gasteiger partial charge in [-0.25, -0.2) is 8.78 Å². The van der Waals surface area contributed by atoms with Crippen molar-refractivity contribution in [3.8, 4) is 5.75 Å². The number of methoxy groups -OCH3 is 1. The smallest absolute Gasteiger partial charge is 0.261 e. The van der Waals surface area contributed by atoms with E-state index in [-0.39, 0.29) is 17.4 Å². The summed E-state index contributed by atoms with van der Waals surface area (Å²) < 4.78 is 33.4. The van der Waals surface area contributed by atoms with Crippen LogP contribution in [0.3, 0.4) is 0 Å². The molecule has 4 nitrogen and oxygen atoms in total. The molecule has 6 heteroatoms. The molecule has 1 amide bonds. The molecule has 3 heterocycles. The van der Waals surface area contributed by atoms with Gasteiger partial charge < -0.3 is 9.64 Å². The van der Waals surface area contributed by atoms with E-state index in [1.165, 1.54) is 18.7 Å². The van der Waals surface area contributed by atoms with Gasteiger partial charge in [-0.1, -0.05) is 30.3 Å². The van der Waals surface area contributed by atoms with Crippen molar-refractivity contribution in [2.24, 2.45) is 5.92 Å². The highest BCUT2D eigenvalue weighted by Gasteiger charge is 2.39. The Morgan fingerprint density at radius 1 is 1.07 bits per heavy atom. The molecule has 0 radical (unpaired) electrons. The maximum Gasteiger partial charge on any atom is 0.261 e. The molecule has 2 bridgehead atoms. The third kappa shape index (κ3) is 3.61. The predicted molar refractivity (Wildman–Crippen MR) is 102 cm³/mol. The van der Waals surface area contributed by atoms with E-state index < -0.39 is 17.5 Å². The molecule has 148 valence electrons. The Bertz CT molecular complexity index is 859.